The molecule has 2 heterocycles. The van der Waals surface area contributed by atoms with E-state index in [1.807, 2.05) is 0 Å². The van der Waals surface area contributed by atoms with E-state index in [0.29, 0.717) is 6.07 Å². The summed E-state index contributed by atoms with van der Waals surface area (Å²) >= 11 is 0. The van der Waals surface area contributed by atoms with Gasteiger partial charge >= 0.3 is 12.4 Å². The Hall–Kier alpha value is -2.69. The molecule has 1 aromatic carbocycles. The minimum absolute atomic E-state index is 0.0375. The highest BCUT2D eigenvalue weighted by atomic mass is 32.3. The summed E-state index contributed by atoms with van der Waals surface area (Å²) in [6.45, 7) is 0. The number of rotatable bonds is 3. The zero-order valence-corrected chi connectivity index (χ0v) is 14.9. The lowest BCUT2D eigenvalue weighted by atomic mass is 10.1. The van der Waals surface area contributed by atoms with Crippen LogP contribution in [0.2, 0.25) is 0 Å². The van der Waals surface area contributed by atoms with E-state index in [4.69, 9.17) is 0 Å². The Bertz CT molecular complexity index is 1060. The summed E-state index contributed by atoms with van der Waals surface area (Å²) in [5.41, 5.74) is -2.06. The maximum absolute atomic E-state index is 13.2. The molecular weight excluding hydrogens is 408 g/mol. The second-order valence-electron chi connectivity index (χ2n) is 5.88. The Labute approximate surface area is 156 Å². The summed E-state index contributed by atoms with van der Waals surface area (Å²) in [6.07, 6.45) is -5.94. The van der Waals surface area contributed by atoms with Gasteiger partial charge in [0.1, 0.15) is 17.6 Å². The van der Waals surface area contributed by atoms with Gasteiger partial charge in [-0.2, -0.15) is 31.1 Å². The number of benzene rings is 1. The van der Waals surface area contributed by atoms with Crippen molar-refractivity contribution in [2.24, 2.45) is 0 Å². The predicted octanol–water partition coefficient (Wildman–Crippen LogP) is 5.18. The van der Waals surface area contributed by atoms with Crippen LogP contribution in [0.5, 0.6) is 0 Å². The second-order valence-corrected chi connectivity index (χ2v) is 8.24. The molecule has 3 rings (SSSR count). The smallest absolute Gasteiger partial charge is 0.254 e. The molecule has 1 unspecified atom stereocenters. The van der Waals surface area contributed by atoms with Crippen LogP contribution in [0.25, 0.3) is 10.9 Å². The van der Waals surface area contributed by atoms with Gasteiger partial charge < -0.3 is 0 Å². The first kappa shape index (κ1) is 20.1. The van der Waals surface area contributed by atoms with Gasteiger partial charge in [0, 0.05) is 11.6 Å². The highest BCUT2D eigenvalue weighted by Crippen LogP contribution is 2.37. The molecule has 0 aliphatic carbocycles. The van der Waals surface area contributed by atoms with Crippen molar-refractivity contribution >= 4 is 26.7 Å². The average Bonchev–Trinajstić information content (AvgIpc) is 2.60. The molecule has 1 N–H and O–H groups in total. The number of alkyl halides is 6. The van der Waals surface area contributed by atoms with Crippen LogP contribution in [0.3, 0.4) is 0 Å². The molecule has 2 aromatic heterocycles. The SMILES string of the molecule is C[S+](=O)(Nc1ccc(C(F)(F)F)c2cccnc12)c1ccc(C(F)(F)F)nc1. The van der Waals surface area contributed by atoms with Crippen molar-refractivity contribution in [1.82, 2.24) is 9.97 Å². The van der Waals surface area contributed by atoms with Gasteiger partial charge in [-0.15, -0.1) is 0 Å². The fraction of sp³-hybridized carbons (Fsp3) is 0.176. The van der Waals surface area contributed by atoms with Crippen molar-refractivity contribution in [2.45, 2.75) is 17.2 Å². The van der Waals surface area contributed by atoms with Gasteiger partial charge in [0.05, 0.1) is 17.3 Å². The van der Waals surface area contributed by atoms with Gasteiger partial charge in [-0.25, -0.2) is 4.98 Å². The molecule has 4 nitrogen and oxygen atoms in total. The summed E-state index contributed by atoms with van der Waals surface area (Å²) < 4.78 is 93.0. The number of pyridine rings is 2. The van der Waals surface area contributed by atoms with E-state index in [9.17, 15) is 30.6 Å². The summed E-state index contributed by atoms with van der Waals surface area (Å²) in [5.74, 6) is 0. The number of anilines is 1. The van der Waals surface area contributed by atoms with Crippen LogP contribution in [0, 0.1) is 0 Å². The molecule has 1 atom stereocenters. The summed E-state index contributed by atoms with van der Waals surface area (Å²) in [6, 6.07) is 6.16. The minimum Gasteiger partial charge on any atom is -0.254 e. The molecule has 0 radical (unpaired) electrons. The number of hydrogen-bond acceptors (Lipinski definition) is 3. The van der Waals surface area contributed by atoms with E-state index < -0.39 is 33.7 Å². The van der Waals surface area contributed by atoms with Crippen LogP contribution in [0.1, 0.15) is 11.3 Å². The molecular formula is C17H12F6N3OS+. The minimum atomic E-state index is -4.64. The third-order valence-corrected chi connectivity index (χ3v) is 5.61. The van der Waals surface area contributed by atoms with Gasteiger partial charge in [0.15, 0.2) is 4.90 Å². The number of nitrogens with zero attached hydrogens (tertiary/aromatic N) is 2. The monoisotopic (exact) mass is 420 g/mol. The first-order valence-electron chi connectivity index (χ1n) is 7.65. The standard InChI is InChI=1S/C17H12F6N3OS/c1-28(27,10-4-7-14(25-9-10)17(21,22)23)26-13-6-5-12(16(18,19)20)11-3-2-8-24-15(11)13/h2-9H,1H3,(H,26,27)/q+1. The molecule has 11 heteroatoms. The van der Waals surface area contributed by atoms with Crippen LogP contribution in [0.15, 0.2) is 53.7 Å². The van der Waals surface area contributed by atoms with E-state index in [1.165, 1.54) is 24.6 Å². The van der Waals surface area contributed by atoms with E-state index in [1.54, 1.807) is 0 Å². The Balaban J connectivity index is 2.01. The number of fused-ring (bicyclic) bond motifs is 1. The summed E-state index contributed by atoms with van der Waals surface area (Å²) in [4.78, 5) is 7.15. The lowest BCUT2D eigenvalue weighted by Crippen LogP contribution is -2.21. The van der Waals surface area contributed by atoms with Crippen molar-refractivity contribution in [2.75, 3.05) is 11.0 Å². The Morgan fingerprint density at radius 3 is 2.21 bits per heavy atom. The number of halogens is 6. The zero-order chi connectivity index (χ0) is 20.7. The molecule has 0 aliphatic heterocycles. The number of aromatic nitrogens is 2. The molecule has 3 aromatic rings. The lowest BCUT2D eigenvalue weighted by Gasteiger charge is -2.15. The molecule has 148 valence electrons. The molecule has 0 fully saturated rings. The maximum Gasteiger partial charge on any atom is 0.433 e. The fourth-order valence-electron chi connectivity index (χ4n) is 2.55. The molecule has 0 saturated carbocycles. The third kappa shape index (κ3) is 3.93. The van der Waals surface area contributed by atoms with Crippen molar-refractivity contribution in [3.63, 3.8) is 0 Å². The van der Waals surface area contributed by atoms with E-state index >= 15 is 0 Å². The first-order valence-corrected chi connectivity index (χ1v) is 9.61. The van der Waals surface area contributed by atoms with Crippen molar-refractivity contribution in [3.8, 4) is 0 Å². The van der Waals surface area contributed by atoms with Gasteiger partial charge in [-0.3, -0.25) is 4.98 Å². The highest BCUT2D eigenvalue weighted by molar-refractivity contribution is 8.03. The normalized spacial score (nSPS) is 14.7. The topological polar surface area (TPSA) is 54.9 Å². The largest absolute Gasteiger partial charge is 0.433 e. The molecule has 0 bridgehead atoms. The van der Waals surface area contributed by atoms with Crippen LogP contribution in [-0.4, -0.2) is 16.2 Å². The fourth-order valence-corrected chi connectivity index (χ4v) is 3.83. The van der Waals surface area contributed by atoms with Crippen LogP contribution >= 0.6 is 0 Å². The summed E-state index contributed by atoms with van der Waals surface area (Å²) in [7, 11) is -3.17. The number of nitrogens with one attached hydrogen (secondary N) is 1. The maximum atomic E-state index is 13.2. The van der Waals surface area contributed by atoms with Gasteiger partial charge in [-0.05, 0) is 30.3 Å². The quantitative estimate of drug-likeness (QED) is 0.469. The van der Waals surface area contributed by atoms with Crippen molar-refractivity contribution < 1.29 is 30.6 Å². The molecule has 0 amide bonds. The molecule has 0 aliphatic rings. The second kappa shape index (κ2) is 6.73. The first-order chi connectivity index (χ1) is 12.9. The predicted molar refractivity (Wildman–Crippen MR) is 91.8 cm³/mol. The molecule has 0 spiro atoms. The number of hydrogen-bond donors (Lipinski definition) is 1. The molecule has 0 saturated heterocycles. The van der Waals surface area contributed by atoms with E-state index in [0.717, 1.165) is 24.4 Å². The lowest BCUT2D eigenvalue weighted by molar-refractivity contribution is -0.141. The molecule has 28 heavy (non-hydrogen) atoms. The van der Waals surface area contributed by atoms with Crippen molar-refractivity contribution in [3.05, 3.63) is 60.0 Å². The Kier molecular flexibility index (Phi) is 4.82. The third-order valence-electron chi connectivity index (χ3n) is 3.86. The van der Waals surface area contributed by atoms with Crippen molar-refractivity contribution in [1.29, 1.82) is 0 Å². The van der Waals surface area contributed by atoms with Gasteiger partial charge in [0.25, 0.3) is 0 Å². The van der Waals surface area contributed by atoms with Gasteiger partial charge in [0.2, 0.25) is 10.1 Å². The Morgan fingerprint density at radius 2 is 1.64 bits per heavy atom. The Morgan fingerprint density at radius 1 is 0.929 bits per heavy atom. The van der Waals surface area contributed by atoms with E-state index in [-0.39, 0.29) is 21.5 Å². The highest BCUT2D eigenvalue weighted by Gasteiger charge is 2.36. The zero-order valence-electron chi connectivity index (χ0n) is 14.1. The average molecular weight is 420 g/mol. The van der Waals surface area contributed by atoms with Crippen LogP contribution in [0.4, 0.5) is 32.0 Å². The summed E-state index contributed by atoms with van der Waals surface area (Å²) in [5, 5.41) is -0.194. The van der Waals surface area contributed by atoms with E-state index in [2.05, 4.69) is 14.7 Å². The van der Waals surface area contributed by atoms with Crippen LogP contribution in [-0.2, 0) is 26.7 Å². The van der Waals surface area contributed by atoms with Crippen LogP contribution < -0.4 is 4.72 Å². The van der Waals surface area contributed by atoms with Gasteiger partial charge in [-0.1, -0.05) is 10.3 Å².